The number of likely N-dealkylation sites (tertiary alicyclic amines) is 1. The van der Waals surface area contributed by atoms with Crippen molar-refractivity contribution < 1.29 is 4.42 Å². The molecule has 1 N–H and O–H groups in total. The molecule has 1 aliphatic heterocycles. The maximum atomic E-state index is 5.92. The highest BCUT2D eigenvalue weighted by Crippen LogP contribution is 2.16. The average Bonchev–Trinajstić information content (AvgIpc) is 3.19. The average molecular weight is 304 g/mol. The molecule has 21 heavy (non-hydrogen) atoms. The number of benzene rings is 1. The Bertz CT molecular complexity index is 586. The summed E-state index contributed by atoms with van der Waals surface area (Å²) in [6, 6.07) is 11.5. The fraction of sp³-hybridized carbons (Fsp3) is 0.312. The maximum Gasteiger partial charge on any atom is 0.198 e. The van der Waals surface area contributed by atoms with Crippen LogP contribution in [0.25, 0.3) is 0 Å². The zero-order valence-electron chi connectivity index (χ0n) is 11.8. The van der Waals surface area contributed by atoms with Gasteiger partial charge in [0.25, 0.3) is 0 Å². The number of anilines is 1. The third-order valence-corrected chi connectivity index (χ3v) is 3.72. The molecule has 1 aliphatic rings. The summed E-state index contributed by atoms with van der Waals surface area (Å²) in [5, 5.41) is 4.12. The Kier molecular flexibility index (Phi) is 4.46. The molecule has 0 spiro atoms. The van der Waals surface area contributed by atoms with E-state index in [0.29, 0.717) is 6.54 Å². The van der Waals surface area contributed by atoms with Crippen LogP contribution in [0.4, 0.5) is 5.69 Å². The molecule has 0 amide bonds. The van der Waals surface area contributed by atoms with Crippen molar-refractivity contribution in [3.63, 3.8) is 0 Å². The molecule has 3 rings (SSSR count). The Labute approximate surface area is 129 Å². The fourth-order valence-electron chi connectivity index (χ4n) is 2.37. The van der Waals surface area contributed by atoms with E-state index in [0.717, 1.165) is 35.5 Å². The predicted octanol–water partition coefficient (Wildman–Crippen LogP) is 4.00. The van der Waals surface area contributed by atoms with Crippen molar-refractivity contribution in [3.8, 4) is 0 Å². The van der Waals surface area contributed by atoms with Gasteiger partial charge >= 0.3 is 0 Å². The number of aliphatic imine (C=N–C) groups is 1. The number of hydrogen-bond donors (Lipinski definition) is 1. The van der Waals surface area contributed by atoms with Gasteiger partial charge < -0.3 is 14.6 Å². The Morgan fingerprint density at radius 2 is 1.95 bits per heavy atom. The first-order valence-electron chi connectivity index (χ1n) is 7.15. The van der Waals surface area contributed by atoms with Gasteiger partial charge in [0.15, 0.2) is 5.96 Å². The minimum Gasteiger partial charge on any atom is -0.467 e. The van der Waals surface area contributed by atoms with Crippen LogP contribution in [0.3, 0.4) is 0 Å². The lowest BCUT2D eigenvalue weighted by molar-refractivity contribution is 0.497. The predicted molar refractivity (Wildman–Crippen MR) is 85.7 cm³/mol. The molecule has 5 heteroatoms. The largest absolute Gasteiger partial charge is 0.467 e. The van der Waals surface area contributed by atoms with Gasteiger partial charge in [-0.15, -0.1) is 0 Å². The molecule has 1 saturated heterocycles. The molecular weight excluding hydrogens is 286 g/mol. The quantitative estimate of drug-likeness (QED) is 0.688. The van der Waals surface area contributed by atoms with E-state index < -0.39 is 0 Å². The van der Waals surface area contributed by atoms with Crippen LogP contribution in [-0.2, 0) is 6.54 Å². The SMILES string of the molecule is Clc1ccc(NC(=NCc2ccco2)N2CCCC2)cc1. The van der Waals surface area contributed by atoms with Gasteiger partial charge in [0.2, 0.25) is 0 Å². The Morgan fingerprint density at radius 1 is 1.19 bits per heavy atom. The standard InChI is InChI=1S/C16H18ClN3O/c17-13-5-7-14(8-6-13)19-16(20-9-1-2-10-20)18-12-15-4-3-11-21-15/h3-8,11H,1-2,9-10,12H2,(H,18,19). The molecule has 0 aliphatic carbocycles. The van der Waals surface area contributed by atoms with E-state index in [1.165, 1.54) is 12.8 Å². The van der Waals surface area contributed by atoms with E-state index in [-0.39, 0.29) is 0 Å². The Balaban J connectivity index is 1.75. The lowest BCUT2D eigenvalue weighted by Gasteiger charge is -2.21. The van der Waals surface area contributed by atoms with E-state index in [1.807, 2.05) is 36.4 Å². The van der Waals surface area contributed by atoms with Gasteiger partial charge in [-0.05, 0) is 49.2 Å². The van der Waals surface area contributed by atoms with Crippen molar-refractivity contribution in [1.82, 2.24) is 4.90 Å². The summed E-state index contributed by atoms with van der Waals surface area (Å²) in [5.74, 6) is 1.76. The zero-order chi connectivity index (χ0) is 14.5. The highest BCUT2D eigenvalue weighted by molar-refractivity contribution is 6.30. The molecule has 0 radical (unpaired) electrons. The van der Waals surface area contributed by atoms with E-state index in [2.05, 4.69) is 15.2 Å². The van der Waals surface area contributed by atoms with Gasteiger partial charge in [0.05, 0.1) is 6.26 Å². The first-order chi connectivity index (χ1) is 10.3. The van der Waals surface area contributed by atoms with Gasteiger partial charge in [-0.2, -0.15) is 0 Å². The molecule has 1 aromatic heterocycles. The Hall–Kier alpha value is -1.94. The van der Waals surface area contributed by atoms with Gasteiger partial charge in [0, 0.05) is 23.8 Å². The van der Waals surface area contributed by atoms with Crippen molar-refractivity contribution in [3.05, 3.63) is 53.4 Å². The number of nitrogens with one attached hydrogen (secondary N) is 1. The number of rotatable bonds is 3. The summed E-state index contributed by atoms with van der Waals surface area (Å²) in [6.07, 6.45) is 4.09. The molecule has 2 aromatic rings. The topological polar surface area (TPSA) is 40.8 Å². The van der Waals surface area contributed by atoms with Gasteiger partial charge in [-0.3, -0.25) is 0 Å². The van der Waals surface area contributed by atoms with E-state index in [1.54, 1.807) is 6.26 Å². The van der Waals surface area contributed by atoms with E-state index >= 15 is 0 Å². The van der Waals surface area contributed by atoms with E-state index in [4.69, 9.17) is 16.0 Å². The lowest BCUT2D eigenvalue weighted by atomic mass is 10.3. The highest BCUT2D eigenvalue weighted by atomic mass is 35.5. The zero-order valence-corrected chi connectivity index (χ0v) is 12.5. The number of nitrogens with zero attached hydrogens (tertiary/aromatic N) is 2. The van der Waals surface area contributed by atoms with Gasteiger partial charge in [-0.1, -0.05) is 11.6 Å². The fourth-order valence-corrected chi connectivity index (χ4v) is 2.49. The molecule has 4 nitrogen and oxygen atoms in total. The van der Waals surface area contributed by atoms with Crippen LogP contribution in [0.15, 0.2) is 52.1 Å². The minimum atomic E-state index is 0.541. The van der Waals surface area contributed by atoms with Crippen LogP contribution in [-0.4, -0.2) is 23.9 Å². The molecule has 110 valence electrons. The molecule has 0 atom stereocenters. The maximum absolute atomic E-state index is 5.92. The van der Waals surface area contributed by atoms with Crippen molar-refractivity contribution in [2.24, 2.45) is 4.99 Å². The van der Waals surface area contributed by atoms with Gasteiger partial charge in [-0.25, -0.2) is 4.99 Å². The van der Waals surface area contributed by atoms with Crippen LogP contribution in [0.2, 0.25) is 5.02 Å². The normalized spacial score (nSPS) is 15.5. The van der Waals surface area contributed by atoms with Crippen LogP contribution < -0.4 is 5.32 Å². The summed E-state index contributed by atoms with van der Waals surface area (Å²) in [7, 11) is 0. The third-order valence-electron chi connectivity index (χ3n) is 3.47. The van der Waals surface area contributed by atoms with Crippen molar-refractivity contribution in [2.45, 2.75) is 19.4 Å². The second-order valence-electron chi connectivity index (χ2n) is 5.05. The second kappa shape index (κ2) is 6.68. The number of furan rings is 1. The molecule has 2 heterocycles. The van der Waals surface area contributed by atoms with Gasteiger partial charge in [0.1, 0.15) is 12.3 Å². The first kappa shape index (κ1) is 14.0. The summed E-state index contributed by atoms with van der Waals surface area (Å²) in [5.41, 5.74) is 0.990. The van der Waals surface area contributed by atoms with Crippen molar-refractivity contribution >= 4 is 23.2 Å². The molecule has 0 unspecified atom stereocenters. The third kappa shape index (κ3) is 3.79. The smallest absolute Gasteiger partial charge is 0.198 e. The highest BCUT2D eigenvalue weighted by Gasteiger charge is 2.16. The van der Waals surface area contributed by atoms with Crippen molar-refractivity contribution in [2.75, 3.05) is 18.4 Å². The lowest BCUT2D eigenvalue weighted by Crippen LogP contribution is -2.34. The summed E-state index contributed by atoms with van der Waals surface area (Å²) >= 11 is 5.92. The number of halogens is 1. The van der Waals surface area contributed by atoms with Crippen LogP contribution in [0, 0.1) is 0 Å². The minimum absolute atomic E-state index is 0.541. The Morgan fingerprint density at radius 3 is 2.62 bits per heavy atom. The first-order valence-corrected chi connectivity index (χ1v) is 7.53. The summed E-state index contributed by atoms with van der Waals surface area (Å²) in [6.45, 7) is 2.62. The van der Waals surface area contributed by atoms with Crippen LogP contribution >= 0.6 is 11.6 Å². The monoisotopic (exact) mass is 303 g/mol. The van der Waals surface area contributed by atoms with Crippen LogP contribution in [0.1, 0.15) is 18.6 Å². The number of guanidine groups is 1. The molecule has 1 fully saturated rings. The second-order valence-corrected chi connectivity index (χ2v) is 5.48. The summed E-state index contributed by atoms with van der Waals surface area (Å²) in [4.78, 5) is 6.95. The summed E-state index contributed by atoms with van der Waals surface area (Å²) < 4.78 is 5.34. The molecule has 0 saturated carbocycles. The molecule has 0 bridgehead atoms. The van der Waals surface area contributed by atoms with Crippen LogP contribution in [0.5, 0.6) is 0 Å². The van der Waals surface area contributed by atoms with Crippen molar-refractivity contribution in [1.29, 1.82) is 0 Å². The van der Waals surface area contributed by atoms with E-state index in [9.17, 15) is 0 Å². The molecule has 1 aromatic carbocycles. The molecular formula is C16H18ClN3O. The number of hydrogen-bond acceptors (Lipinski definition) is 2.